The highest BCUT2D eigenvalue weighted by Gasteiger charge is 2.29. The number of fused-ring (bicyclic) bond motifs is 1. The summed E-state index contributed by atoms with van der Waals surface area (Å²) in [6.45, 7) is 20.5. The van der Waals surface area contributed by atoms with Gasteiger partial charge in [-0.1, -0.05) is 63.9 Å². The number of nitrogens with one attached hydrogen (secondary N) is 2. The summed E-state index contributed by atoms with van der Waals surface area (Å²) in [6.07, 6.45) is 4.35. The maximum absolute atomic E-state index is 13.4. The van der Waals surface area contributed by atoms with E-state index < -0.39 is 11.7 Å². The fourth-order valence-electron chi connectivity index (χ4n) is 5.83. The molecule has 2 N–H and O–H groups in total. The third kappa shape index (κ3) is 10.2. The summed E-state index contributed by atoms with van der Waals surface area (Å²) in [5.74, 6) is 1.85. The number of hydrogen-bond donors (Lipinski definition) is 2. The summed E-state index contributed by atoms with van der Waals surface area (Å²) in [5, 5.41) is 10.1. The number of carbonyl (C=O) groups excluding carboxylic acids is 2. The average Bonchev–Trinajstić information content (AvgIpc) is 3.49. The molecule has 2 aromatic carbocycles. The Hall–Kier alpha value is -4.05. The number of alkyl carbamates (subject to hydrolysis) is 1. The van der Waals surface area contributed by atoms with Crippen LogP contribution in [0.15, 0.2) is 34.9 Å². The van der Waals surface area contributed by atoms with Crippen LogP contribution in [0.3, 0.4) is 0 Å². The van der Waals surface area contributed by atoms with Crippen molar-refractivity contribution in [3.8, 4) is 33.9 Å². The first-order valence-corrected chi connectivity index (χ1v) is 18.0. The van der Waals surface area contributed by atoms with Crippen LogP contribution in [-0.2, 0) is 17.7 Å². The summed E-state index contributed by atoms with van der Waals surface area (Å²) in [4.78, 5) is 27.8. The average molecular weight is 677 g/mol. The van der Waals surface area contributed by atoms with E-state index in [1.54, 1.807) is 0 Å². The second kappa shape index (κ2) is 17.6. The van der Waals surface area contributed by atoms with Crippen LogP contribution < -0.4 is 20.1 Å². The third-order valence-electron chi connectivity index (χ3n) is 8.42. The van der Waals surface area contributed by atoms with Gasteiger partial charge in [-0.15, -0.1) is 0 Å². The molecule has 4 rings (SSSR count). The van der Waals surface area contributed by atoms with Crippen LogP contribution in [0.4, 0.5) is 4.79 Å². The van der Waals surface area contributed by atoms with E-state index in [9.17, 15) is 9.59 Å². The summed E-state index contributed by atoms with van der Waals surface area (Å²) in [7, 11) is 0. The van der Waals surface area contributed by atoms with Crippen LogP contribution >= 0.6 is 0 Å². The molecule has 0 fully saturated rings. The quantitative estimate of drug-likeness (QED) is 0.146. The number of amides is 2. The van der Waals surface area contributed by atoms with Crippen LogP contribution in [0.5, 0.6) is 11.5 Å². The lowest BCUT2D eigenvalue weighted by Crippen LogP contribution is -2.39. The predicted octanol–water partition coefficient (Wildman–Crippen LogP) is 8.12. The van der Waals surface area contributed by atoms with Crippen molar-refractivity contribution in [2.75, 3.05) is 39.4 Å². The number of hydrogen-bond acceptors (Lipinski definition) is 8. The molecular weight excluding hydrogens is 620 g/mol. The molecule has 268 valence electrons. The Labute approximate surface area is 292 Å². The zero-order valence-electron chi connectivity index (χ0n) is 30.8. The van der Waals surface area contributed by atoms with Gasteiger partial charge >= 0.3 is 6.09 Å². The van der Waals surface area contributed by atoms with Gasteiger partial charge in [0.05, 0.1) is 24.3 Å². The van der Waals surface area contributed by atoms with E-state index in [2.05, 4.69) is 66.6 Å². The number of rotatable bonds is 16. The van der Waals surface area contributed by atoms with E-state index >= 15 is 0 Å². The van der Waals surface area contributed by atoms with Crippen LogP contribution in [0.1, 0.15) is 114 Å². The minimum Gasteiger partial charge on any atom is -0.493 e. The largest absolute Gasteiger partial charge is 0.493 e. The van der Waals surface area contributed by atoms with Gasteiger partial charge in [0.25, 0.3) is 5.91 Å². The smallest absolute Gasteiger partial charge is 0.407 e. The second-order valence-electron chi connectivity index (χ2n) is 14.0. The van der Waals surface area contributed by atoms with E-state index in [-0.39, 0.29) is 17.5 Å². The maximum Gasteiger partial charge on any atom is 0.407 e. The molecule has 0 bridgehead atoms. The Kier molecular flexibility index (Phi) is 13.5. The highest BCUT2D eigenvalue weighted by atomic mass is 16.6. The number of aromatic nitrogens is 1. The molecule has 49 heavy (non-hydrogen) atoms. The molecule has 0 saturated carbocycles. The van der Waals surface area contributed by atoms with Crippen molar-refractivity contribution in [1.29, 1.82) is 0 Å². The fraction of sp³-hybridized carbons (Fsp3) is 0.564. The highest BCUT2D eigenvalue weighted by Crippen LogP contribution is 2.44. The van der Waals surface area contributed by atoms with Gasteiger partial charge in [-0.3, -0.25) is 9.69 Å². The first-order chi connectivity index (χ1) is 23.4. The van der Waals surface area contributed by atoms with Gasteiger partial charge in [0.1, 0.15) is 17.1 Å². The summed E-state index contributed by atoms with van der Waals surface area (Å²) >= 11 is 0. The minimum atomic E-state index is -0.528. The van der Waals surface area contributed by atoms with Crippen molar-refractivity contribution in [2.24, 2.45) is 0 Å². The molecule has 0 radical (unpaired) electrons. The van der Waals surface area contributed by atoms with Crippen molar-refractivity contribution in [3.63, 3.8) is 0 Å². The molecule has 10 heteroatoms. The Bertz CT molecular complexity index is 1560. The molecule has 10 nitrogen and oxygen atoms in total. The molecule has 0 atom stereocenters. The molecule has 0 spiro atoms. The van der Waals surface area contributed by atoms with Gasteiger partial charge < -0.3 is 29.4 Å². The zero-order valence-corrected chi connectivity index (χ0v) is 30.8. The number of nitrogens with zero attached hydrogens (tertiary/aromatic N) is 2. The van der Waals surface area contributed by atoms with E-state index in [0.717, 1.165) is 67.6 Å². The van der Waals surface area contributed by atoms with Crippen molar-refractivity contribution in [2.45, 2.75) is 106 Å². The van der Waals surface area contributed by atoms with Crippen molar-refractivity contribution in [1.82, 2.24) is 20.7 Å². The monoisotopic (exact) mass is 676 g/mol. The lowest BCUT2D eigenvalue weighted by Gasteiger charge is -2.29. The van der Waals surface area contributed by atoms with Crippen LogP contribution in [0.25, 0.3) is 22.5 Å². The first kappa shape index (κ1) is 37.8. The zero-order chi connectivity index (χ0) is 35.6. The molecule has 1 aliphatic rings. The third-order valence-corrected chi connectivity index (χ3v) is 8.42. The summed E-state index contributed by atoms with van der Waals surface area (Å²) in [6, 6.07) is 10.4. The van der Waals surface area contributed by atoms with Crippen molar-refractivity contribution >= 4 is 12.0 Å². The van der Waals surface area contributed by atoms with Crippen LogP contribution in [-0.4, -0.2) is 67.1 Å². The van der Waals surface area contributed by atoms with Crippen molar-refractivity contribution in [3.05, 3.63) is 52.7 Å². The standard InChI is InChI=1S/C39H56N4O6/c1-9-12-20-46-32-24-33(47-21-13-10-2)31(23-30(32)26(4)5)36-34(35(42-49-36)37(44)40-11-3)28-14-15-29-25-43(18-16-27(29)22-28)19-17-41-38(45)48-39(6,7)8/h14-15,22-24,26H,9-13,16-21,25H2,1-8H3,(H,40,44)(H,41,45). The Balaban J connectivity index is 1.70. The fourth-order valence-corrected chi connectivity index (χ4v) is 5.83. The number of benzene rings is 2. The molecule has 1 aromatic heterocycles. The normalized spacial score (nSPS) is 13.2. The molecule has 1 aliphatic heterocycles. The molecule has 0 aliphatic carbocycles. The van der Waals surface area contributed by atoms with E-state index in [1.165, 1.54) is 11.1 Å². The van der Waals surface area contributed by atoms with Gasteiger partial charge in [-0.25, -0.2) is 4.79 Å². The Morgan fingerprint density at radius 2 is 1.67 bits per heavy atom. The Morgan fingerprint density at radius 1 is 0.959 bits per heavy atom. The summed E-state index contributed by atoms with van der Waals surface area (Å²) < 4.78 is 24.1. The van der Waals surface area contributed by atoms with Crippen LogP contribution in [0, 0.1) is 0 Å². The number of carbonyl (C=O) groups is 2. The second-order valence-corrected chi connectivity index (χ2v) is 14.0. The molecular formula is C39H56N4O6. The molecule has 0 saturated heterocycles. The molecule has 2 amide bonds. The molecule has 2 heterocycles. The maximum atomic E-state index is 13.4. The van der Waals surface area contributed by atoms with Gasteiger partial charge in [0, 0.05) is 38.8 Å². The highest BCUT2D eigenvalue weighted by molar-refractivity contribution is 6.02. The topological polar surface area (TPSA) is 115 Å². The van der Waals surface area contributed by atoms with Gasteiger partial charge in [0.15, 0.2) is 11.5 Å². The van der Waals surface area contributed by atoms with Gasteiger partial charge in [-0.05, 0) is 81.2 Å². The van der Waals surface area contributed by atoms with Gasteiger partial charge in [-0.2, -0.15) is 0 Å². The van der Waals surface area contributed by atoms with E-state index in [1.807, 2.05) is 39.8 Å². The lowest BCUT2D eigenvalue weighted by atomic mass is 9.91. The predicted molar refractivity (Wildman–Crippen MR) is 193 cm³/mol. The molecule has 3 aromatic rings. The van der Waals surface area contributed by atoms with Crippen molar-refractivity contribution < 1.29 is 28.3 Å². The Morgan fingerprint density at radius 3 is 2.33 bits per heavy atom. The van der Waals surface area contributed by atoms with E-state index in [0.29, 0.717) is 49.9 Å². The lowest BCUT2D eigenvalue weighted by molar-refractivity contribution is 0.0521. The van der Waals surface area contributed by atoms with Gasteiger partial charge in [0.2, 0.25) is 0 Å². The SMILES string of the molecule is CCCCOc1cc(OCCCC)c(C(C)C)cc1-c1onc(C(=O)NCC)c1-c1ccc2c(c1)CCN(CCNC(=O)OC(C)(C)C)C2. The number of unbranched alkanes of at least 4 members (excludes halogenated alkanes) is 2. The first-order valence-electron chi connectivity index (χ1n) is 18.0. The van der Waals surface area contributed by atoms with E-state index in [4.69, 9.17) is 18.7 Å². The minimum absolute atomic E-state index is 0.181. The molecule has 0 unspecified atom stereocenters. The number of ether oxygens (including phenoxy) is 3. The van der Waals surface area contributed by atoms with Crippen LogP contribution in [0.2, 0.25) is 0 Å². The summed E-state index contributed by atoms with van der Waals surface area (Å²) in [5.41, 5.74) is 5.45.